The normalized spacial score (nSPS) is 15.5. The summed E-state index contributed by atoms with van der Waals surface area (Å²) < 4.78 is 3.23. The molecule has 2 rings (SSSR count). The van der Waals surface area contributed by atoms with Gasteiger partial charge >= 0.3 is 0 Å². The van der Waals surface area contributed by atoms with Crippen LogP contribution in [0.4, 0.5) is 0 Å². The number of ketones is 1. The van der Waals surface area contributed by atoms with Gasteiger partial charge in [-0.1, -0.05) is 0 Å². The fourth-order valence-electron chi connectivity index (χ4n) is 1.38. The second kappa shape index (κ2) is 3.26. The zero-order valence-electron chi connectivity index (χ0n) is 7.11. The van der Waals surface area contributed by atoms with Crippen molar-refractivity contribution in [2.45, 2.75) is 6.42 Å². The number of aromatic hydroxyl groups is 1. The molecule has 2 heterocycles. The van der Waals surface area contributed by atoms with Crippen molar-refractivity contribution in [3.63, 3.8) is 0 Å². The van der Waals surface area contributed by atoms with Crippen molar-refractivity contribution in [2.75, 3.05) is 9.77 Å². The zero-order valence-corrected chi connectivity index (χ0v) is 9.26. The van der Waals surface area contributed by atoms with E-state index in [1.54, 1.807) is 3.22 Å². The molecule has 0 bridgehead atoms. The maximum absolute atomic E-state index is 11.5. The van der Waals surface area contributed by atoms with E-state index in [4.69, 9.17) is 0 Å². The molecule has 0 aliphatic carbocycles. The van der Waals surface area contributed by atoms with Gasteiger partial charge in [0.15, 0.2) is 17.2 Å². The molecule has 6 heteroatoms. The molecule has 0 amide bonds. The van der Waals surface area contributed by atoms with Crippen LogP contribution in [0.3, 0.4) is 0 Å². The van der Waals surface area contributed by atoms with Gasteiger partial charge < -0.3 is 5.11 Å². The standard InChI is InChI=1S/C8H7IN2O3/c9-11-4-2-5(12)7-8(14)6(13)1-3-10(7)11/h1,3,14H,2,4H2. The van der Waals surface area contributed by atoms with Gasteiger partial charge in [0.1, 0.15) is 0 Å². The molecular weight excluding hydrogens is 299 g/mol. The highest BCUT2D eigenvalue weighted by molar-refractivity contribution is 14.1. The van der Waals surface area contributed by atoms with Gasteiger partial charge in [0, 0.05) is 18.7 Å². The van der Waals surface area contributed by atoms with Gasteiger partial charge in [0.2, 0.25) is 5.43 Å². The predicted octanol–water partition coefficient (Wildman–Crippen LogP) is 0.428. The van der Waals surface area contributed by atoms with E-state index in [0.717, 1.165) is 0 Å². The summed E-state index contributed by atoms with van der Waals surface area (Å²) in [4.78, 5) is 22.6. The first-order chi connectivity index (χ1) is 6.61. The molecule has 0 aromatic carbocycles. The largest absolute Gasteiger partial charge is 0.503 e. The number of pyridine rings is 1. The van der Waals surface area contributed by atoms with Gasteiger partial charge in [-0.3, -0.25) is 12.8 Å². The molecule has 0 saturated carbocycles. The number of hydrogen-bond donors (Lipinski definition) is 1. The van der Waals surface area contributed by atoms with Crippen LogP contribution in [-0.2, 0) is 0 Å². The second-order valence-electron chi connectivity index (χ2n) is 2.96. The Morgan fingerprint density at radius 2 is 2.14 bits per heavy atom. The van der Waals surface area contributed by atoms with E-state index in [1.807, 2.05) is 22.9 Å². The highest BCUT2D eigenvalue weighted by Crippen LogP contribution is 2.20. The molecule has 0 atom stereocenters. The lowest BCUT2D eigenvalue weighted by Gasteiger charge is -2.27. The summed E-state index contributed by atoms with van der Waals surface area (Å²) in [5.41, 5.74) is -0.436. The summed E-state index contributed by atoms with van der Waals surface area (Å²) in [6.07, 6.45) is 1.81. The van der Waals surface area contributed by atoms with Crippen LogP contribution in [0.5, 0.6) is 5.75 Å². The minimum absolute atomic E-state index is 0.0816. The van der Waals surface area contributed by atoms with Crippen LogP contribution in [0.1, 0.15) is 16.9 Å². The van der Waals surface area contributed by atoms with E-state index >= 15 is 0 Å². The van der Waals surface area contributed by atoms with Crippen molar-refractivity contribution < 1.29 is 9.90 Å². The molecule has 1 aliphatic heterocycles. The van der Waals surface area contributed by atoms with E-state index in [1.165, 1.54) is 16.9 Å². The lowest BCUT2D eigenvalue weighted by molar-refractivity contribution is 0.0961. The van der Waals surface area contributed by atoms with Gasteiger partial charge in [-0.2, -0.15) is 0 Å². The average Bonchev–Trinajstić information content (AvgIpc) is 2.16. The number of nitrogens with zero attached hydrogens (tertiary/aromatic N) is 2. The molecule has 0 spiro atoms. The Morgan fingerprint density at radius 1 is 1.43 bits per heavy atom. The van der Waals surface area contributed by atoms with Gasteiger partial charge in [-0.25, -0.2) is 4.68 Å². The first-order valence-electron chi connectivity index (χ1n) is 4.02. The fourth-order valence-corrected chi connectivity index (χ4v) is 1.98. The molecule has 0 radical (unpaired) electrons. The number of carbonyl (C=O) groups is 1. The highest BCUT2D eigenvalue weighted by Gasteiger charge is 2.24. The van der Waals surface area contributed by atoms with E-state index in [0.29, 0.717) is 13.0 Å². The van der Waals surface area contributed by atoms with E-state index in [2.05, 4.69) is 0 Å². The molecule has 0 fully saturated rings. The summed E-state index contributed by atoms with van der Waals surface area (Å²) in [5, 5.41) is 9.45. The maximum Gasteiger partial charge on any atom is 0.224 e. The minimum atomic E-state index is -0.517. The zero-order chi connectivity index (χ0) is 10.3. The van der Waals surface area contributed by atoms with Crippen molar-refractivity contribution in [1.29, 1.82) is 0 Å². The van der Waals surface area contributed by atoms with Gasteiger partial charge in [-0.15, -0.1) is 0 Å². The van der Waals surface area contributed by atoms with Crippen molar-refractivity contribution in [3.05, 3.63) is 28.2 Å². The number of carbonyl (C=O) groups excluding carboxylic acids is 1. The molecule has 14 heavy (non-hydrogen) atoms. The summed E-state index contributed by atoms with van der Waals surface area (Å²) >= 11 is 2.02. The average molecular weight is 306 g/mol. The molecule has 0 unspecified atom stereocenters. The molecule has 1 aliphatic rings. The third-order valence-corrected chi connectivity index (χ3v) is 3.02. The Balaban J connectivity index is 2.73. The van der Waals surface area contributed by atoms with Gasteiger partial charge in [-0.05, 0) is 0 Å². The van der Waals surface area contributed by atoms with Gasteiger partial charge in [0.05, 0.1) is 29.4 Å². The van der Waals surface area contributed by atoms with Crippen LogP contribution in [0.2, 0.25) is 0 Å². The van der Waals surface area contributed by atoms with E-state index in [9.17, 15) is 14.7 Å². The van der Waals surface area contributed by atoms with Crippen molar-refractivity contribution in [2.24, 2.45) is 0 Å². The summed E-state index contributed by atoms with van der Waals surface area (Å²) in [6, 6.07) is 1.24. The fraction of sp³-hybridized carbons (Fsp3) is 0.250. The highest BCUT2D eigenvalue weighted by atomic mass is 127. The summed E-state index contributed by atoms with van der Waals surface area (Å²) in [6.45, 7) is 0.578. The van der Waals surface area contributed by atoms with Crippen LogP contribution in [-0.4, -0.2) is 22.1 Å². The Bertz CT molecular complexity index is 454. The molecule has 1 aromatic heterocycles. The molecule has 1 aromatic rings. The van der Waals surface area contributed by atoms with Crippen LogP contribution < -0.4 is 8.65 Å². The Hall–Kier alpha value is -1.05. The Kier molecular flexibility index (Phi) is 2.22. The van der Waals surface area contributed by atoms with Crippen molar-refractivity contribution >= 4 is 28.6 Å². The smallest absolute Gasteiger partial charge is 0.224 e. The SMILES string of the molecule is O=C1CCN(I)n2ccc(=O)c(O)c21. The number of Topliss-reactive ketones (excluding diaryl/α,β-unsaturated/α-hetero) is 1. The van der Waals surface area contributed by atoms with Crippen molar-refractivity contribution in [1.82, 2.24) is 4.68 Å². The van der Waals surface area contributed by atoms with Gasteiger partial charge in [0.25, 0.3) is 0 Å². The van der Waals surface area contributed by atoms with Crippen LogP contribution >= 0.6 is 22.9 Å². The van der Waals surface area contributed by atoms with E-state index < -0.39 is 11.2 Å². The van der Waals surface area contributed by atoms with Crippen LogP contribution in [0, 0.1) is 0 Å². The molecule has 5 nitrogen and oxygen atoms in total. The molecular formula is C8H7IN2O3. The first kappa shape index (κ1) is 9.50. The number of rotatable bonds is 0. The topological polar surface area (TPSA) is 62.5 Å². The third-order valence-electron chi connectivity index (χ3n) is 2.08. The third kappa shape index (κ3) is 1.29. The lowest BCUT2D eigenvalue weighted by Crippen LogP contribution is -2.36. The summed E-state index contributed by atoms with van der Waals surface area (Å²) in [5.74, 6) is -0.660. The molecule has 74 valence electrons. The van der Waals surface area contributed by atoms with Crippen LogP contribution in [0.15, 0.2) is 17.1 Å². The van der Waals surface area contributed by atoms with Crippen molar-refractivity contribution in [3.8, 4) is 5.75 Å². The number of aromatic nitrogens is 1. The molecule has 1 N–H and O–H groups in total. The number of fused-ring (bicyclic) bond motifs is 1. The quantitative estimate of drug-likeness (QED) is 0.558. The van der Waals surface area contributed by atoms with Crippen LogP contribution in [0.25, 0.3) is 0 Å². The first-order valence-corrected chi connectivity index (χ1v) is 4.99. The minimum Gasteiger partial charge on any atom is -0.503 e. The van der Waals surface area contributed by atoms with E-state index in [-0.39, 0.29) is 11.5 Å². The molecule has 0 saturated heterocycles. The summed E-state index contributed by atoms with van der Waals surface area (Å²) in [7, 11) is 0. The second-order valence-corrected chi connectivity index (χ2v) is 4.07. The predicted molar refractivity (Wildman–Crippen MR) is 58.4 cm³/mol. The number of halogens is 1. The number of hydrogen-bond acceptors (Lipinski definition) is 4. The Morgan fingerprint density at radius 3 is 2.86 bits per heavy atom. The monoisotopic (exact) mass is 306 g/mol. The Labute approximate surface area is 93.4 Å². The maximum atomic E-state index is 11.5. The lowest BCUT2D eigenvalue weighted by atomic mass is 10.1.